The van der Waals surface area contributed by atoms with Gasteiger partial charge in [0, 0.05) is 0 Å². The Morgan fingerprint density at radius 3 is 1.50 bits per heavy atom. The highest BCUT2D eigenvalue weighted by molar-refractivity contribution is 3.66. The molecule has 1 N–H and O–H groups in total. The van der Waals surface area contributed by atoms with Gasteiger partial charge < -0.3 is 0 Å². The lowest BCUT2D eigenvalue weighted by Gasteiger charge is -1.83. The standard InChI is InChI=1S/C2H7O2/c1-4(2)3/h3H,1-2H3/q+1. The zero-order valence-electron chi connectivity index (χ0n) is 2.86. The third-order valence-corrected chi connectivity index (χ3v) is 0. The van der Waals surface area contributed by atoms with Gasteiger partial charge in [0.15, 0.2) is 14.2 Å². The Labute approximate surface area is 25.3 Å². The maximum Gasteiger partial charge on any atom is 0.175 e. The van der Waals surface area contributed by atoms with E-state index in [4.69, 9.17) is 5.26 Å². The van der Waals surface area contributed by atoms with E-state index in [9.17, 15) is 0 Å². The van der Waals surface area contributed by atoms with Crippen molar-refractivity contribution in [2.24, 2.45) is 0 Å². The van der Waals surface area contributed by atoms with Crippen LogP contribution in [-0.4, -0.2) is 19.5 Å². The minimum atomic E-state index is 1.47. The second-order valence-electron chi connectivity index (χ2n) is 0.773. The summed E-state index contributed by atoms with van der Waals surface area (Å²) in [6.07, 6.45) is 0. The van der Waals surface area contributed by atoms with E-state index < -0.39 is 0 Å². The first kappa shape index (κ1) is 3.92. The molecule has 2 nitrogen and oxygen atoms in total. The van der Waals surface area contributed by atoms with E-state index in [2.05, 4.69) is 0 Å². The number of hydrogen-bond donors (Lipinski definition) is 1. The van der Waals surface area contributed by atoms with Gasteiger partial charge in [0.05, 0.1) is 0 Å². The van der Waals surface area contributed by atoms with Crippen LogP contribution in [0.25, 0.3) is 0 Å². The molecule has 0 aliphatic carbocycles. The van der Waals surface area contributed by atoms with Crippen molar-refractivity contribution in [1.29, 1.82) is 0 Å². The van der Waals surface area contributed by atoms with Crippen LogP contribution in [0.3, 0.4) is 0 Å². The predicted molar refractivity (Wildman–Crippen MR) is 15.6 cm³/mol. The maximum absolute atomic E-state index is 7.81. The average Bonchev–Trinajstić information content (AvgIpc) is 0.811. The molecule has 0 unspecified atom stereocenters. The van der Waals surface area contributed by atoms with Crippen molar-refractivity contribution < 1.29 is 9.78 Å². The zero-order valence-corrected chi connectivity index (χ0v) is 2.86. The van der Waals surface area contributed by atoms with Crippen LogP contribution in [0.15, 0.2) is 0 Å². The van der Waals surface area contributed by atoms with Crippen molar-refractivity contribution in [1.82, 2.24) is 0 Å². The van der Waals surface area contributed by atoms with Crippen molar-refractivity contribution in [3.63, 3.8) is 0 Å². The Morgan fingerprint density at radius 1 is 1.50 bits per heavy atom. The monoisotopic (exact) mass is 63.0 g/mol. The molecule has 0 atom stereocenters. The molecule has 4 heavy (non-hydrogen) atoms. The summed E-state index contributed by atoms with van der Waals surface area (Å²) in [5, 5.41) is 7.81. The van der Waals surface area contributed by atoms with Crippen LogP contribution in [0.5, 0.6) is 0 Å². The van der Waals surface area contributed by atoms with E-state index in [1.165, 1.54) is 14.2 Å². The Hall–Kier alpha value is -0.0800. The molecule has 0 aromatic rings. The topological polar surface area (TPSA) is 22.9 Å². The summed E-state index contributed by atoms with van der Waals surface area (Å²) in [7, 11) is 2.94. The molecule has 0 fully saturated rings. The second-order valence-corrected chi connectivity index (χ2v) is 0.773. The molecule has 0 saturated carbocycles. The summed E-state index contributed by atoms with van der Waals surface area (Å²) in [4.78, 5) is 0. The third-order valence-electron chi connectivity index (χ3n) is 0. The first-order chi connectivity index (χ1) is 1.73. The SMILES string of the molecule is C[O+](C)O. The highest BCUT2D eigenvalue weighted by atomic mass is 17.2. The molecule has 0 aromatic carbocycles. The van der Waals surface area contributed by atoms with Crippen molar-refractivity contribution in [2.45, 2.75) is 0 Å². The minimum Gasteiger partial charge on any atom is -0.247 e. The quantitative estimate of drug-likeness (QED) is 0.243. The average molecular weight is 63.1 g/mol. The van der Waals surface area contributed by atoms with Gasteiger partial charge in [-0.3, -0.25) is 0 Å². The van der Waals surface area contributed by atoms with Gasteiger partial charge in [-0.25, -0.2) is 4.52 Å². The van der Waals surface area contributed by atoms with Crippen LogP contribution >= 0.6 is 0 Å². The lowest BCUT2D eigenvalue weighted by atomic mass is 11.5. The molecule has 0 rings (SSSR count). The first-order valence-corrected chi connectivity index (χ1v) is 0.999. The lowest BCUT2D eigenvalue weighted by Crippen LogP contribution is -1.88. The molecule has 0 heterocycles. The second kappa shape index (κ2) is 1.26. The summed E-state index contributed by atoms with van der Waals surface area (Å²) in [6.45, 7) is 0. The van der Waals surface area contributed by atoms with Gasteiger partial charge in [-0.15, -0.1) is 5.26 Å². The molecule has 0 saturated heterocycles. The number of hydrogen-bond acceptors (Lipinski definition) is 1. The molecule has 0 aromatic heterocycles. The number of rotatable bonds is 0. The van der Waals surface area contributed by atoms with Crippen LogP contribution in [0.2, 0.25) is 0 Å². The predicted octanol–water partition coefficient (Wildman–Crippen LogP) is 0.271. The zero-order chi connectivity index (χ0) is 3.58. The van der Waals surface area contributed by atoms with Gasteiger partial charge in [0.1, 0.15) is 0 Å². The lowest BCUT2D eigenvalue weighted by molar-refractivity contribution is -0.381. The van der Waals surface area contributed by atoms with E-state index in [0.717, 1.165) is 0 Å². The molecule has 0 amide bonds. The van der Waals surface area contributed by atoms with Gasteiger partial charge in [-0.1, -0.05) is 0 Å². The van der Waals surface area contributed by atoms with Gasteiger partial charge in [0.25, 0.3) is 0 Å². The molecular weight excluding hydrogens is 56.0 g/mol. The van der Waals surface area contributed by atoms with Gasteiger partial charge in [0.2, 0.25) is 0 Å². The molecule has 0 aliphatic heterocycles. The van der Waals surface area contributed by atoms with E-state index >= 15 is 0 Å². The van der Waals surface area contributed by atoms with E-state index in [1.54, 1.807) is 4.52 Å². The van der Waals surface area contributed by atoms with Crippen molar-refractivity contribution >= 4 is 0 Å². The fraction of sp³-hybridized carbons (Fsp3) is 1.00. The van der Waals surface area contributed by atoms with Crippen molar-refractivity contribution in [3.8, 4) is 0 Å². The minimum absolute atomic E-state index is 1.47. The summed E-state index contributed by atoms with van der Waals surface area (Å²) in [6, 6.07) is 0. The summed E-state index contributed by atoms with van der Waals surface area (Å²) in [5.41, 5.74) is 0. The fourth-order valence-electron chi connectivity index (χ4n) is 0. The van der Waals surface area contributed by atoms with Crippen LogP contribution in [0.1, 0.15) is 0 Å². The summed E-state index contributed by atoms with van der Waals surface area (Å²) < 4.78 is 1.58. The van der Waals surface area contributed by atoms with Gasteiger partial charge in [-0.2, -0.15) is 0 Å². The van der Waals surface area contributed by atoms with Crippen molar-refractivity contribution in [3.05, 3.63) is 0 Å². The highest BCUT2D eigenvalue weighted by Crippen LogP contribution is 1.59. The Morgan fingerprint density at radius 2 is 1.50 bits per heavy atom. The maximum atomic E-state index is 7.81. The highest BCUT2D eigenvalue weighted by Gasteiger charge is 1.66. The molecule has 0 aliphatic rings. The summed E-state index contributed by atoms with van der Waals surface area (Å²) in [5.74, 6) is 0. The molecule has 0 radical (unpaired) electrons. The molecule has 0 spiro atoms. The van der Waals surface area contributed by atoms with Crippen LogP contribution in [0.4, 0.5) is 0 Å². The van der Waals surface area contributed by atoms with Crippen molar-refractivity contribution in [2.75, 3.05) is 14.2 Å². The summed E-state index contributed by atoms with van der Waals surface area (Å²) >= 11 is 0. The first-order valence-electron chi connectivity index (χ1n) is 0.999. The Bertz CT molecular complexity index is 8.75. The van der Waals surface area contributed by atoms with Gasteiger partial charge >= 0.3 is 0 Å². The van der Waals surface area contributed by atoms with Crippen LogP contribution in [-0.2, 0) is 4.52 Å². The molecular formula is C2H7O2+. The molecule has 0 bridgehead atoms. The molecule has 26 valence electrons. The van der Waals surface area contributed by atoms with Gasteiger partial charge in [-0.05, 0) is 0 Å². The van der Waals surface area contributed by atoms with E-state index in [1.807, 2.05) is 0 Å². The van der Waals surface area contributed by atoms with Crippen LogP contribution < -0.4 is 0 Å². The normalized spacial score (nSPS) is 9.00. The largest absolute Gasteiger partial charge is 0.247 e. The van der Waals surface area contributed by atoms with Crippen LogP contribution in [0, 0.1) is 0 Å². The Kier molecular flexibility index (Phi) is 1.24. The fourth-order valence-corrected chi connectivity index (χ4v) is 0. The Balaban J connectivity index is 2.32. The smallest absolute Gasteiger partial charge is 0.175 e. The van der Waals surface area contributed by atoms with E-state index in [-0.39, 0.29) is 0 Å². The molecule has 2 heteroatoms. The van der Waals surface area contributed by atoms with E-state index in [0.29, 0.717) is 0 Å². The third kappa shape index (κ3) is 254.